The standard InChI is InChI=1S/C11H15F.C2H6.H2/c1-7(2)10-6-5-8(3)9(4)11(10)12;1-2;/h5-7H,1-4H3;1-2H3;1H. The summed E-state index contributed by atoms with van der Waals surface area (Å²) in [5.74, 6) is 0.231. The fourth-order valence-electron chi connectivity index (χ4n) is 1.25. The third kappa shape index (κ3) is 2.83. The van der Waals surface area contributed by atoms with Crippen LogP contribution in [0.3, 0.4) is 0 Å². The number of hydrogen-bond acceptors (Lipinski definition) is 0. The first-order chi connectivity index (χ1) is 6.54. The SMILES string of the molecule is CC.Cc1ccc(C(C)C)c(F)c1C.[HH]. The largest absolute Gasteiger partial charge is 0.206 e. The Hall–Kier alpha value is -0.850. The third-order valence-electron chi connectivity index (χ3n) is 2.31. The number of rotatable bonds is 1. The molecule has 0 bridgehead atoms. The van der Waals surface area contributed by atoms with Crippen LogP contribution in [0.25, 0.3) is 0 Å². The van der Waals surface area contributed by atoms with E-state index in [1.54, 1.807) is 0 Å². The molecule has 0 spiro atoms. The zero-order valence-corrected chi connectivity index (χ0v) is 10.1. The molecule has 0 nitrogen and oxygen atoms in total. The maximum atomic E-state index is 13.5. The summed E-state index contributed by atoms with van der Waals surface area (Å²) in [7, 11) is 0. The van der Waals surface area contributed by atoms with Crippen molar-refractivity contribution in [2.75, 3.05) is 0 Å². The average molecular weight is 198 g/mol. The molecule has 0 aromatic heterocycles. The van der Waals surface area contributed by atoms with Crippen LogP contribution in [0, 0.1) is 19.7 Å². The summed E-state index contributed by atoms with van der Waals surface area (Å²) in [5.41, 5.74) is 2.62. The second-order valence-electron chi connectivity index (χ2n) is 3.57. The van der Waals surface area contributed by atoms with Gasteiger partial charge in [0.05, 0.1) is 0 Å². The molecule has 0 saturated carbocycles. The molecule has 82 valence electrons. The molecule has 1 rings (SSSR count). The van der Waals surface area contributed by atoms with Crippen LogP contribution in [0.4, 0.5) is 4.39 Å². The first-order valence-electron chi connectivity index (χ1n) is 5.29. The van der Waals surface area contributed by atoms with Gasteiger partial charge in [0.25, 0.3) is 0 Å². The molecule has 14 heavy (non-hydrogen) atoms. The van der Waals surface area contributed by atoms with Crippen molar-refractivity contribution in [2.24, 2.45) is 0 Å². The Balaban J connectivity index is 0. The van der Waals surface area contributed by atoms with Gasteiger partial charge in [-0.1, -0.05) is 39.8 Å². The summed E-state index contributed by atoms with van der Waals surface area (Å²) < 4.78 is 13.5. The summed E-state index contributed by atoms with van der Waals surface area (Å²) in [5, 5.41) is 0. The van der Waals surface area contributed by atoms with Crippen molar-refractivity contribution in [1.82, 2.24) is 0 Å². The molecule has 0 aliphatic heterocycles. The number of aryl methyl sites for hydroxylation is 1. The van der Waals surface area contributed by atoms with Crippen molar-refractivity contribution in [3.63, 3.8) is 0 Å². The quantitative estimate of drug-likeness (QED) is 0.606. The fraction of sp³-hybridized carbons (Fsp3) is 0.538. The van der Waals surface area contributed by atoms with Gasteiger partial charge in [-0.05, 0) is 36.5 Å². The van der Waals surface area contributed by atoms with Crippen molar-refractivity contribution in [2.45, 2.75) is 47.5 Å². The molecule has 0 amide bonds. The van der Waals surface area contributed by atoms with Gasteiger partial charge in [-0.25, -0.2) is 4.39 Å². The fourth-order valence-corrected chi connectivity index (χ4v) is 1.25. The van der Waals surface area contributed by atoms with Crippen LogP contribution in [0.5, 0.6) is 0 Å². The van der Waals surface area contributed by atoms with Crippen LogP contribution < -0.4 is 0 Å². The Bertz CT molecular complexity index is 293. The van der Waals surface area contributed by atoms with Crippen molar-refractivity contribution < 1.29 is 5.82 Å². The summed E-state index contributed by atoms with van der Waals surface area (Å²) in [6.07, 6.45) is 0. The maximum absolute atomic E-state index is 13.5. The number of halogens is 1. The molecular weight excluding hydrogens is 175 g/mol. The van der Waals surface area contributed by atoms with Crippen molar-refractivity contribution in [3.8, 4) is 0 Å². The highest BCUT2D eigenvalue weighted by Gasteiger charge is 2.09. The van der Waals surface area contributed by atoms with Crippen LogP contribution >= 0.6 is 0 Å². The second-order valence-corrected chi connectivity index (χ2v) is 3.57. The lowest BCUT2D eigenvalue weighted by atomic mass is 9.97. The van der Waals surface area contributed by atoms with Crippen LogP contribution in [-0.4, -0.2) is 0 Å². The van der Waals surface area contributed by atoms with Crippen LogP contribution in [0.2, 0.25) is 0 Å². The molecule has 0 unspecified atom stereocenters. The maximum Gasteiger partial charge on any atom is 0.129 e. The van der Waals surface area contributed by atoms with Gasteiger partial charge in [-0.15, -0.1) is 0 Å². The lowest BCUT2D eigenvalue weighted by molar-refractivity contribution is 0.588. The topological polar surface area (TPSA) is 0 Å². The first kappa shape index (κ1) is 13.2. The molecule has 1 heteroatoms. The minimum absolute atomic E-state index is 0. The zero-order chi connectivity index (χ0) is 11.3. The molecule has 0 atom stereocenters. The minimum atomic E-state index is -0.0370. The van der Waals surface area contributed by atoms with E-state index in [0.29, 0.717) is 0 Å². The minimum Gasteiger partial charge on any atom is -0.206 e. The predicted molar refractivity (Wildman–Crippen MR) is 63.4 cm³/mol. The Morgan fingerprint density at radius 2 is 1.64 bits per heavy atom. The molecule has 1 aromatic rings. The van der Waals surface area contributed by atoms with Crippen molar-refractivity contribution in [3.05, 3.63) is 34.6 Å². The average Bonchev–Trinajstić information content (AvgIpc) is 2.17. The van der Waals surface area contributed by atoms with Gasteiger partial charge in [0.15, 0.2) is 0 Å². The van der Waals surface area contributed by atoms with E-state index in [4.69, 9.17) is 0 Å². The van der Waals surface area contributed by atoms with Crippen LogP contribution in [0.15, 0.2) is 12.1 Å². The summed E-state index contributed by atoms with van der Waals surface area (Å²) in [4.78, 5) is 0. The van der Waals surface area contributed by atoms with Gasteiger partial charge in [0, 0.05) is 1.43 Å². The summed E-state index contributed by atoms with van der Waals surface area (Å²) in [6.45, 7) is 11.8. The molecule has 0 radical (unpaired) electrons. The monoisotopic (exact) mass is 198 g/mol. The van der Waals surface area contributed by atoms with E-state index in [9.17, 15) is 4.39 Å². The number of benzene rings is 1. The molecule has 0 saturated heterocycles. The summed E-state index contributed by atoms with van der Waals surface area (Å²) >= 11 is 0. The van der Waals surface area contributed by atoms with E-state index >= 15 is 0 Å². The molecule has 0 N–H and O–H groups in total. The smallest absolute Gasteiger partial charge is 0.129 e. The normalized spacial score (nSPS) is 9.71. The van der Waals surface area contributed by atoms with Gasteiger partial charge in [0.2, 0.25) is 0 Å². The van der Waals surface area contributed by atoms with E-state index in [1.165, 1.54) is 0 Å². The number of hydrogen-bond donors (Lipinski definition) is 0. The Labute approximate surface area is 88.6 Å². The van der Waals surface area contributed by atoms with Crippen molar-refractivity contribution >= 4 is 0 Å². The zero-order valence-electron chi connectivity index (χ0n) is 10.1. The van der Waals surface area contributed by atoms with Gasteiger partial charge < -0.3 is 0 Å². The van der Waals surface area contributed by atoms with E-state index in [0.717, 1.165) is 16.7 Å². The molecular formula is C13H23F. The Kier molecular flexibility index (Phi) is 5.44. The van der Waals surface area contributed by atoms with Crippen LogP contribution in [-0.2, 0) is 0 Å². The second kappa shape index (κ2) is 5.79. The van der Waals surface area contributed by atoms with Crippen LogP contribution in [0.1, 0.15) is 51.7 Å². The van der Waals surface area contributed by atoms with E-state index < -0.39 is 0 Å². The highest BCUT2D eigenvalue weighted by molar-refractivity contribution is 5.33. The first-order valence-corrected chi connectivity index (χ1v) is 5.29. The third-order valence-corrected chi connectivity index (χ3v) is 2.31. The van der Waals surface area contributed by atoms with Crippen molar-refractivity contribution in [1.29, 1.82) is 0 Å². The molecule has 0 heterocycles. The van der Waals surface area contributed by atoms with E-state index in [1.807, 2.05) is 53.7 Å². The summed E-state index contributed by atoms with van der Waals surface area (Å²) in [6, 6.07) is 3.86. The van der Waals surface area contributed by atoms with Gasteiger partial charge in [-0.3, -0.25) is 0 Å². The Morgan fingerprint density at radius 3 is 2.07 bits per heavy atom. The van der Waals surface area contributed by atoms with E-state index in [2.05, 4.69) is 0 Å². The highest BCUT2D eigenvalue weighted by atomic mass is 19.1. The Morgan fingerprint density at radius 1 is 1.14 bits per heavy atom. The molecule has 0 aliphatic rings. The lowest BCUT2D eigenvalue weighted by Gasteiger charge is -2.10. The molecule has 0 aliphatic carbocycles. The highest BCUT2D eigenvalue weighted by Crippen LogP contribution is 2.22. The van der Waals surface area contributed by atoms with Gasteiger partial charge >= 0.3 is 0 Å². The predicted octanol–water partition coefficient (Wildman–Crippen LogP) is 4.84. The van der Waals surface area contributed by atoms with E-state index in [-0.39, 0.29) is 13.2 Å². The molecule has 0 fully saturated rings. The molecule has 1 aromatic carbocycles. The lowest BCUT2D eigenvalue weighted by Crippen LogP contribution is -1.97. The van der Waals surface area contributed by atoms with Gasteiger partial charge in [0.1, 0.15) is 5.82 Å². The van der Waals surface area contributed by atoms with Gasteiger partial charge in [-0.2, -0.15) is 0 Å².